The summed E-state index contributed by atoms with van der Waals surface area (Å²) in [5.41, 5.74) is 0. The van der Waals surface area contributed by atoms with Crippen molar-refractivity contribution in [1.29, 1.82) is 0 Å². The van der Waals surface area contributed by atoms with Gasteiger partial charge in [0.2, 0.25) is 5.95 Å². The molecular weight excluding hydrogens is 240 g/mol. The van der Waals surface area contributed by atoms with Crippen molar-refractivity contribution in [3.63, 3.8) is 0 Å². The maximum absolute atomic E-state index is 4.98. The van der Waals surface area contributed by atoms with Gasteiger partial charge in [-0.3, -0.25) is 0 Å². The number of nitrogens with zero attached hydrogens (tertiary/aromatic N) is 3. The second kappa shape index (κ2) is 5.90. The van der Waals surface area contributed by atoms with E-state index in [9.17, 15) is 0 Å². The van der Waals surface area contributed by atoms with Gasteiger partial charge in [0.1, 0.15) is 0 Å². The molecule has 0 bridgehead atoms. The van der Waals surface area contributed by atoms with E-state index < -0.39 is 0 Å². The van der Waals surface area contributed by atoms with Crippen LogP contribution in [0.25, 0.3) is 0 Å². The van der Waals surface area contributed by atoms with Crippen molar-refractivity contribution < 1.29 is 9.47 Å². The van der Waals surface area contributed by atoms with Crippen molar-refractivity contribution in [2.24, 2.45) is 5.92 Å². The number of methoxy groups -OCH3 is 2. The quantitative estimate of drug-likeness (QED) is 0.844. The Labute approximate surface area is 105 Å². The lowest BCUT2D eigenvalue weighted by Gasteiger charge is -2.10. The molecule has 1 atom stereocenters. The Morgan fingerprint density at radius 2 is 1.94 bits per heavy atom. The number of hydrogen-bond donors (Lipinski definition) is 1. The molecule has 1 aliphatic rings. The zero-order valence-electron chi connectivity index (χ0n) is 9.97. The molecule has 1 aliphatic heterocycles. The highest BCUT2D eigenvalue weighted by Crippen LogP contribution is 2.23. The van der Waals surface area contributed by atoms with Gasteiger partial charge in [0.25, 0.3) is 0 Å². The maximum Gasteiger partial charge on any atom is 0.324 e. The maximum atomic E-state index is 4.98. The number of aromatic nitrogens is 3. The molecule has 1 saturated heterocycles. The lowest BCUT2D eigenvalue weighted by Crippen LogP contribution is -2.16. The van der Waals surface area contributed by atoms with Crippen LogP contribution in [0.4, 0.5) is 5.95 Å². The van der Waals surface area contributed by atoms with E-state index in [1.807, 2.05) is 11.8 Å². The number of ether oxygens (including phenoxy) is 2. The molecule has 2 rings (SSSR count). The van der Waals surface area contributed by atoms with Gasteiger partial charge in [0.05, 0.1) is 14.2 Å². The van der Waals surface area contributed by atoms with Crippen LogP contribution < -0.4 is 14.8 Å². The molecule has 0 spiro atoms. The summed E-state index contributed by atoms with van der Waals surface area (Å²) in [7, 11) is 3.04. The molecule has 0 radical (unpaired) electrons. The monoisotopic (exact) mass is 256 g/mol. The molecule has 1 N–H and O–H groups in total. The third kappa shape index (κ3) is 3.36. The van der Waals surface area contributed by atoms with Gasteiger partial charge >= 0.3 is 12.0 Å². The van der Waals surface area contributed by atoms with E-state index in [0.29, 0.717) is 11.9 Å². The highest BCUT2D eigenvalue weighted by molar-refractivity contribution is 7.99. The fraction of sp³-hybridized carbons (Fsp3) is 0.700. The van der Waals surface area contributed by atoms with Gasteiger partial charge in [0, 0.05) is 6.54 Å². The molecule has 94 valence electrons. The molecule has 1 fully saturated rings. The van der Waals surface area contributed by atoms with Crippen molar-refractivity contribution in [3.8, 4) is 12.0 Å². The largest absolute Gasteiger partial charge is 0.467 e. The predicted molar refractivity (Wildman–Crippen MR) is 66.9 cm³/mol. The van der Waals surface area contributed by atoms with Crippen molar-refractivity contribution in [2.45, 2.75) is 6.42 Å². The molecule has 1 aromatic heterocycles. The topological polar surface area (TPSA) is 69.2 Å². The first kappa shape index (κ1) is 12.2. The Hall–Kier alpha value is -1.24. The van der Waals surface area contributed by atoms with Crippen molar-refractivity contribution >= 4 is 17.7 Å². The molecule has 1 aromatic rings. The summed E-state index contributed by atoms with van der Waals surface area (Å²) in [6.07, 6.45) is 1.25. The summed E-state index contributed by atoms with van der Waals surface area (Å²) < 4.78 is 9.97. The normalized spacial score (nSPS) is 19.1. The van der Waals surface area contributed by atoms with Gasteiger partial charge in [0.15, 0.2) is 0 Å². The molecular formula is C10H16N4O2S. The molecule has 1 unspecified atom stereocenters. The number of nitrogens with one attached hydrogen (secondary N) is 1. The molecule has 2 heterocycles. The Kier molecular flexibility index (Phi) is 4.24. The van der Waals surface area contributed by atoms with E-state index in [1.165, 1.54) is 32.1 Å². The smallest absolute Gasteiger partial charge is 0.324 e. The van der Waals surface area contributed by atoms with Gasteiger partial charge in [-0.15, -0.1) is 4.98 Å². The van der Waals surface area contributed by atoms with Gasteiger partial charge < -0.3 is 14.8 Å². The SMILES string of the molecule is COc1nc(NCC2CCSC2)nc(OC)n1. The first-order valence-electron chi connectivity index (χ1n) is 5.47. The fourth-order valence-electron chi connectivity index (χ4n) is 1.58. The Morgan fingerprint density at radius 1 is 1.24 bits per heavy atom. The summed E-state index contributed by atoms with van der Waals surface area (Å²) >= 11 is 1.99. The predicted octanol–water partition coefficient (Wildman–Crippen LogP) is 1.05. The van der Waals surface area contributed by atoms with E-state index in [1.54, 1.807) is 0 Å². The summed E-state index contributed by atoms with van der Waals surface area (Å²) in [5.74, 6) is 3.64. The van der Waals surface area contributed by atoms with Gasteiger partial charge in [-0.1, -0.05) is 0 Å². The molecule has 0 saturated carbocycles. The molecule has 7 heteroatoms. The third-order valence-corrected chi connectivity index (χ3v) is 3.76. The minimum atomic E-state index is 0.264. The van der Waals surface area contributed by atoms with Crippen molar-refractivity contribution in [3.05, 3.63) is 0 Å². The van der Waals surface area contributed by atoms with E-state index in [0.717, 1.165) is 6.54 Å². The summed E-state index contributed by atoms with van der Waals surface area (Å²) in [6.45, 7) is 0.878. The fourth-order valence-corrected chi connectivity index (χ4v) is 2.86. The highest BCUT2D eigenvalue weighted by Gasteiger charge is 2.16. The van der Waals surface area contributed by atoms with E-state index >= 15 is 0 Å². The van der Waals surface area contributed by atoms with Crippen LogP contribution in [0.15, 0.2) is 0 Å². The van der Waals surface area contributed by atoms with Crippen molar-refractivity contribution in [2.75, 3.05) is 37.6 Å². The van der Waals surface area contributed by atoms with Crippen LogP contribution in [0.1, 0.15) is 6.42 Å². The number of anilines is 1. The minimum Gasteiger partial charge on any atom is -0.467 e. The Balaban J connectivity index is 1.98. The second-order valence-corrected chi connectivity index (χ2v) is 4.89. The highest BCUT2D eigenvalue weighted by atomic mass is 32.2. The van der Waals surface area contributed by atoms with Crippen LogP contribution in [-0.4, -0.2) is 47.2 Å². The number of hydrogen-bond acceptors (Lipinski definition) is 7. The van der Waals surface area contributed by atoms with Crippen LogP contribution >= 0.6 is 11.8 Å². The number of thioether (sulfide) groups is 1. The standard InChI is InChI=1S/C10H16N4O2S/c1-15-9-12-8(13-10(14-9)16-2)11-5-7-3-4-17-6-7/h7H,3-6H2,1-2H3,(H,11,12,13,14). The average Bonchev–Trinajstić information content (AvgIpc) is 2.89. The lowest BCUT2D eigenvalue weighted by molar-refractivity contribution is 0.341. The first-order valence-corrected chi connectivity index (χ1v) is 6.63. The van der Waals surface area contributed by atoms with Gasteiger partial charge in [-0.25, -0.2) is 0 Å². The van der Waals surface area contributed by atoms with E-state index in [4.69, 9.17) is 9.47 Å². The van der Waals surface area contributed by atoms with Crippen LogP contribution in [-0.2, 0) is 0 Å². The number of rotatable bonds is 5. The minimum absolute atomic E-state index is 0.264. The third-order valence-electron chi connectivity index (χ3n) is 2.53. The first-order chi connectivity index (χ1) is 8.31. The average molecular weight is 256 g/mol. The summed E-state index contributed by atoms with van der Waals surface area (Å²) in [4.78, 5) is 12.2. The van der Waals surface area contributed by atoms with Gasteiger partial charge in [-0.2, -0.15) is 21.7 Å². The van der Waals surface area contributed by atoms with Crippen LogP contribution in [0.5, 0.6) is 12.0 Å². The summed E-state index contributed by atoms with van der Waals surface area (Å²) in [6, 6.07) is 0.528. The lowest BCUT2D eigenvalue weighted by atomic mass is 10.1. The molecule has 0 aromatic carbocycles. The second-order valence-electron chi connectivity index (χ2n) is 3.74. The Bertz CT molecular complexity index is 349. The van der Waals surface area contributed by atoms with E-state index in [2.05, 4.69) is 20.3 Å². The van der Waals surface area contributed by atoms with Crippen LogP contribution in [0.3, 0.4) is 0 Å². The molecule has 0 aliphatic carbocycles. The van der Waals surface area contributed by atoms with Crippen LogP contribution in [0.2, 0.25) is 0 Å². The summed E-state index contributed by atoms with van der Waals surface area (Å²) in [5, 5.41) is 3.20. The van der Waals surface area contributed by atoms with Gasteiger partial charge in [-0.05, 0) is 23.8 Å². The van der Waals surface area contributed by atoms with Crippen molar-refractivity contribution in [1.82, 2.24) is 15.0 Å². The Morgan fingerprint density at radius 3 is 2.47 bits per heavy atom. The van der Waals surface area contributed by atoms with E-state index in [-0.39, 0.29) is 12.0 Å². The molecule has 6 nitrogen and oxygen atoms in total. The zero-order chi connectivity index (χ0) is 12.1. The zero-order valence-corrected chi connectivity index (χ0v) is 10.8. The molecule has 0 amide bonds. The van der Waals surface area contributed by atoms with Crippen LogP contribution in [0, 0.1) is 5.92 Å². The molecule has 17 heavy (non-hydrogen) atoms.